The van der Waals surface area contributed by atoms with Gasteiger partial charge in [0.1, 0.15) is 12.1 Å². The van der Waals surface area contributed by atoms with Crippen molar-refractivity contribution in [2.45, 2.75) is 39.5 Å². The number of rotatable bonds is 6. The van der Waals surface area contributed by atoms with Crippen molar-refractivity contribution in [3.05, 3.63) is 120 Å². The highest BCUT2D eigenvalue weighted by Gasteiger charge is 2.22. The first-order valence-corrected chi connectivity index (χ1v) is 12.6. The van der Waals surface area contributed by atoms with E-state index in [0.29, 0.717) is 17.8 Å². The molecule has 0 bridgehead atoms. The van der Waals surface area contributed by atoms with Gasteiger partial charge in [-0.3, -0.25) is 9.78 Å². The second kappa shape index (κ2) is 10.4. The van der Waals surface area contributed by atoms with Crippen molar-refractivity contribution >= 4 is 11.7 Å². The maximum Gasteiger partial charge on any atom is 0.256 e. The predicted molar refractivity (Wildman–Crippen MR) is 149 cm³/mol. The monoisotopic (exact) mass is 502 g/mol. The number of aromatic nitrogens is 5. The Balaban J connectivity index is 1.45. The summed E-state index contributed by atoms with van der Waals surface area (Å²) in [6, 6.07) is 23.3. The van der Waals surface area contributed by atoms with E-state index in [2.05, 4.69) is 41.0 Å². The van der Waals surface area contributed by atoms with Crippen LogP contribution in [0.5, 0.6) is 0 Å². The smallest absolute Gasteiger partial charge is 0.256 e. The molecule has 7 heteroatoms. The minimum absolute atomic E-state index is 0.166. The Morgan fingerprint density at radius 1 is 0.921 bits per heavy atom. The maximum absolute atomic E-state index is 13.5. The summed E-state index contributed by atoms with van der Waals surface area (Å²) in [5.41, 5.74) is 6.96. The largest absolute Gasteiger partial charge is 0.306 e. The van der Waals surface area contributed by atoms with Gasteiger partial charge in [0.15, 0.2) is 0 Å². The van der Waals surface area contributed by atoms with Gasteiger partial charge in [-0.05, 0) is 60.5 Å². The number of nitrogens with zero attached hydrogens (tertiary/aromatic N) is 5. The number of amides is 1. The average Bonchev–Trinajstić information content (AvgIpc) is 3.36. The van der Waals surface area contributed by atoms with Gasteiger partial charge in [-0.25, -0.2) is 14.6 Å². The lowest BCUT2D eigenvalue weighted by Crippen LogP contribution is -2.15. The molecule has 1 N–H and O–H groups in total. The van der Waals surface area contributed by atoms with Crippen molar-refractivity contribution < 1.29 is 4.79 Å². The Morgan fingerprint density at radius 3 is 2.47 bits per heavy atom. The molecule has 0 aliphatic carbocycles. The second-order valence-electron chi connectivity index (χ2n) is 10.3. The van der Waals surface area contributed by atoms with Gasteiger partial charge in [-0.15, -0.1) is 0 Å². The van der Waals surface area contributed by atoms with E-state index in [1.54, 1.807) is 17.1 Å². The number of carbonyl (C=O) groups excluding carboxylic acids is 1. The highest BCUT2D eigenvalue weighted by Crippen LogP contribution is 2.27. The van der Waals surface area contributed by atoms with Crippen molar-refractivity contribution in [2.75, 3.05) is 5.32 Å². The third-order valence-electron chi connectivity index (χ3n) is 6.44. The predicted octanol–water partition coefficient (Wildman–Crippen LogP) is 6.17. The number of anilines is 1. The van der Waals surface area contributed by atoms with Crippen molar-refractivity contribution in [1.29, 1.82) is 0 Å². The van der Waals surface area contributed by atoms with Crippen LogP contribution in [-0.4, -0.2) is 30.6 Å². The topological polar surface area (TPSA) is 85.6 Å². The Morgan fingerprint density at radius 2 is 1.74 bits per heavy atom. The minimum Gasteiger partial charge on any atom is -0.306 e. The van der Waals surface area contributed by atoms with E-state index in [9.17, 15) is 4.79 Å². The quantitative estimate of drug-likeness (QED) is 0.300. The van der Waals surface area contributed by atoms with Crippen LogP contribution in [-0.2, 0) is 11.8 Å². The number of hydrogen-bond donors (Lipinski definition) is 1. The maximum atomic E-state index is 13.5. The van der Waals surface area contributed by atoms with Gasteiger partial charge in [0, 0.05) is 41.4 Å². The van der Waals surface area contributed by atoms with Crippen molar-refractivity contribution in [1.82, 2.24) is 24.7 Å². The molecule has 0 saturated heterocycles. The zero-order valence-electron chi connectivity index (χ0n) is 22.0. The summed E-state index contributed by atoms with van der Waals surface area (Å²) < 4.78 is 1.79. The number of carbonyl (C=O) groups is 1. The zero-order valence-corrected chi connectivity index (χ0v) is 22.0. The summed E-state index contributed by atoms with van der Waals surface area (Å²) in [6.45, 7) is 8.37. The highest BCUT2D eigenvalue weighted by atomic mass is 16.1. The van der Waals surface area contributed by atoms with Gasteiger partial charge in [0.05, 0.1) is 22.8 Å². The molecule has 0 unspecified atom stereocenters. The van der Waals surface area contributed by atoms with Crippen LogP contribution in [0.1, 0.15) is 53.6 Å². The standard InChI is InChI=1S/C31H30N6O/c1-21-12-13-22(17-23(21)18-27-25(11-8-15-33-27)26-14-16-32-20-34-26)30(38)35-29-19-28(31(2,3)4)36-37(29)24-9-6-5-7-10-24/h5-17,19-20H,18H2,1-4H3,(H,35,38). The van der Waals surface area contributed by atoms with E-state index in [-0.39, 0.29) is 11.3 Å². The Hall–Kier alpha value is -4.65. The number of nitrogens with one attached hydrogen (secondary N) is 1. The molecule has 3 heterocycles. The molecule has 5 aromatic rings. The molecular formula is C31H30N6O. The van der Waals surface area contributed by atoms with Gasteiger partial charge >= 0.3 is 0 Å². The number of aryl methyl sites for hydroxylation is 1. The van der Waals surface area contributed by atoms with E-state index in [1.807, 2.05) is 79.7 Å². The van der Waals surface area contributed by atoms with Crippen LogP contribution in [0.2, 0.25) is 0 Å². The van der Waals surface area contributed by atoms with Gasteiger partial charge in [0.2, 0.25) is 0 Å². The molecular weight excluding hydrogens is 472 g/mol. The molecule has 2 aromatic carbocycles. The summed E-state index contributed by atoms with van der Waals surface area (Å²) in [5, 5.41) is 7.90. The molecule has 0 aliphatic rings. The lowest BCUT2D eigenvalue weighted by Gasteiger charge is -2.14. The second-order valence-corrected chi connectivity index (χ2v) is 10.3. The SMILES string of the molecule is Cc1ccc(C(=O)Nc2cc(C(C)(C)C)nn2-c2ccccc2)cc1Cc1ncccc1-c1ccncn1. The summed E-state index contributed by atoms with van der Waals surface area (Å²) in [4.78, 5) is 26.5. The zero-order chi connectivity index (χ0) is 26.7. The fraction of sp³-hybridized carbons (Fsp3) is 0.194. The Labute approximate surface area is 222 Å². The fourth-order valence-electron chi connectivity index (χ4n) is 4.24. The summed E-state index contributed by atoms with van der Waals surface area (Å²) in [6.07, 6.45) is 5.61. The Kier molecular flexibility index (Phi) is 6.83. The first-order chi connectivity index (χ1) is 18.3. The molecule has 0 saturated carbocycles. The van der Waals surface area contributed by atoms with Gasteiger partial charge in [-0.2, -0.15) is 5.10 Å². The van der Waals surface area contributed by atoms with E-state index in [0.717, 1.165) is 39.5 Å². The third-order valence-corrected chi connectivity index (χ3v) is 6.44. The van der Waals surface area contributed by atoms with Crippen LogP contribution >= 0.6 is 0 Å². The van der Waals surface area contributed by atoms with Crippen LogP contribution < -0.4 is 5.32 Å². The summed E-state index contributed by atoms with van der Waals surface area (Å²) >= 11 is 0. The minimum atomic E-state index is -0.194. The Bertz CT molecular complexity index is 1570. The van der Waals surface area contributed by atoms with Gasteiger partial charge in [-0.1, -0.05) is 45.0 Å². The lowest BCUT2D eigenvalue weighted by molar-refractivity contribution is 0.102. The van der Waals surface area contributed by atoms with Gasteiger partial charge in [0.25, 0.3) is 5.91 Å². The molecule has 0 atom stereocenters. The molecule has 0 spiro atoms. The van der Waals surface area contributed by atoms with E-state index in [4.69, 9.17) is 5.10 Å². The fourth-order valence-corrected chi connectivity index (χ4v) is 4.24. The average molecular weight is 503 g/mol. The number of pyridine rings is 1. The molecule has 5 rings (SSSR count). The third kappa shape index (κ3) is 5.37. The number of benzene rings is 2. The van der Waals surface area contributed by atoms with Gasteiger partial charge < -0.3 is 5.32 Å². The lowest BCUT2D eigenvalue weighted by atomic mass is 9.92. The van der Waals surface area contributed by atoms with E-state index < -0.39 is 0 Å². The van der Waals surface area contributed by atoms with E-state index >= 15 is 0 Å². The van der Waals surface area contributed by atoms with Crippen LogP contribution in [0.25, 0.3) is 16.9 Å². The van der Waals surface area contributed by atoms with Crippen LogP contribution in [0.15, 0.2) is 91.5 Å². The van der Waals surface area contributed by atoms with Crippen molar-refractivity contribution in [3.8, 4) is 16.9 Å². The van der Waals surface area contributed by atoms with E-state index in [1.165, 1.54) is 6.33 Å². The van der Waals surface area contributed by atoms with Crippen LogP contribution in [0.3, 0.4) is 0 Å². The normalized spacial score (nSPS) is 11.4. The number of hydrogen-bond acceptors (Lipinski definition) is 5. The summed E-state index contributed by atoms with van der Waals surface area (Å²) in [5.74, 6) is 0.435. The van der Waals surface area contributed by atoms with Crippen LogP contribution in [0, 0.1) is 6.92 Å². The van der Waals surface area contributed by atoms with Crippen molar-refractivity contribution in [2.24, 2.45) is 0 Å². The highest BCUT2D eigenvalue weighted by molar-refractivity contribution is 6.04. The number of para-hydroxylation sites is 1. The molecule has 3 aromatic heterocycles. The van der Waals surface area contributed by atoms with Crippen LogP contribution in [0.4, 0.5) is 5.82 Å². The molecule has 0 aliphatic heterocycles. The molecule has 0 radical (unpaired) electrons. The van der Waals surface area contributed by atoms with Crippen molar-refractivity contribution in [3.63, 3.8) is 0 Å². The molecule has 1 amide bonds. The molecule has 7 nitrogen and oxygen atoms in total. The molecule has 190 valence electrons. The summed E-state index contributed by atoms with van der Waals surface area (Å²) in [7, 11) is 0. The molecule has 38 heavy (non-hydrogen) atoms. The first-order valence-electron chi connectivity index (χ1n) is 12.6. The molecule has 0 fully saturated rings. The first kappa shape index (κ1) is 25.0.